The van der Waals surface area contributed by atoms with E-state index in [9.17, 15) is 4.79 Å². The van der Waals surface area contributed by atoms with Crippen LogP contribution in [-0.4, -0.2) is 18.7 Å². The number of hydrazone groups is 1. The number of fused-ring (bicyclic) bond motifs is 1. The van der Waals surface area contributed by atoms with Crippen LogP contribution < -0.4 is 10.3 Å². The molecular formula is C28H27N3O. The molecule has 0 aliphatic carbocycles. The number of nitrogens with one attached hydrogen (secondary N) is 1. The zero-order chi connectivity index (χ0) is 22.3. The highest BCUT2D eigenvalue weighted by Crippen LogP contribution is 2.22. The minimum Gasteiger partial charge on any atom is -0.367 e. The molecule has 0 aliphatic heterocycles. The molecule has 32 heavy (non-hydrogen) atoms. The third-order valence-electron chi connectivity index (χ3n) is 5.60. The molecule has 1 N–H and O–H groups in total. The standard InChI is InChI=1S/C28H27N3O/c1-3-31(20-23-9-5-4-6-10-23)25-17-14-22(15-18-25)19-29-30-28(32)27-21(2)13-16-24-11-7-8-12-26(24)27/h4-19H,3,20H2,1-2H3,(H,30,32)/b29-19-. The maximum Gasteiger partial charge on any atom is 0.272 e. The summed E-state index contributed by atoms with van der Waals surface area (Å²) in [5, 5.41) is 6.16. The Kier molecular flexibility index (Phi) is 6.61. The molecule has 4 rings (SSSR count). The monoisotopic (exact) mass is 421 g/mol. The van der Waals surface area contributed by atoms with Crippen LogP contribution in [0.3, 0.4) is 0 Å². The zero-order valence-corrected chi connectivity index (χ0v) is 18.5. The molecule has 0 unspecified atom stereocenters. The van der Waals surface area contributed by atoms with E-state index in [1.54, 1.807) is 6.21 Å². The molecule has 0 saturated carbocycles. The van der Waals surface area contributed by atoms with Crippen molar-refractivity contribution in [2.45, 2.75) is 20.4 Å². The highest BCUT2D eigenvalue weighted by molar-refractivity contribution is 6.08. The summed E-state index contributed by atoms with van der Waals surface area (Å²) in [7, 11) is 0. The van der Waals surface area contributed by atoms with Crippen LogP contribution in [0.1, 0.15) is 34.0 Å². The van der Waals surface area contributed by atoms with Gasteiger partial charge in [0.1, 0.15) is 0 Å². The van der Waals surface area contributed by atoms with E-state index >= 15 is 0 Å². The molecule has 0 atom stereocenters. The molecule has 1 amide bonds. The summed E-state index contributed by atoms with van der Waals surface area (Å²) in [6.45, 7) is 5.88. The van der Waals surface area contributed by atoms with Gasteiger partial charge in [0.25, 0.3) is 5.91 Å². The molecule has 0 bridgehead atoms. The van der Waals surface area contributed by atoms with E-state index in [0.717, 1.165) is 40.7 Å². The number of carbonyl (C=O) groups excluding carboxylic acids is 1. The van der Waals surface area contributed by atoms with Crippen molar-refractivity contribution in [3.05, 3.63) is 113 Å². The smallest absolute Gasteiger partial charge is 0.272 e. The Labute approximate surface area is 189 Å². The van der Waals surface area contributed by atoms with Gasteiger partial charge in [0.2, 0.25) is 0 Å². The molecule has 0 radical (unpaired) electrons. The van der Waals surface area contributed by atoms with Crippen LogP contribution >= 0.6 is 0 Å². The van der Waals surface area contributed by atoms with Gasteiger partial charge >= 0.3 is 0 Å². The molecular weight excluding hydrogens is 394 g/mol. The van der Waals surface area contributed by atoms with Crippen molar-refractivity contribution in [2.24, 2.45) is 5.10 Å². The number of anilines is 1. The van der Waals surface area contributed by atoms with Gasteiger partial charge < -0.3 is 4.90 Å². The van der Waals surface area contributed by atoms with Crippen LogP contribution in [0.2, 0.25) is 0 Å². The fourth-order valence-electron chi connectivity index (χ4n) is 3.86. The lowest BCUT2D eigenvalue weighted by Crippen LogP contribution is -2.21. The summed E-state index contributed by atoms with van der Waals surface area (Å²) < 4.78 is 0. The van der Waals surface area contributed by atoms with Gasteiger partial charge in [-0.1, -0.05) is 78.9 Å². The van der Waals surface area contributed by atoms with Gasteiger partial charge in [0.15, 0.2) is 0 Å². The highest BCUT2D eigenvalue weighted by Gasteiger charge is 2.12. The topological polar surface area (TPSA) is 44.7 Å². The Bertz CT molecular complexity index is 1230. The Morgan fingerprint density at radius 3 is 2.38 bits per heavy atom. The van der Waals surface area contributed by atoms with Crippen molar-refractivity contribution in [3.8, 4) is 0 Å². The maximum atomic E-state index is 12.8. The molecule has 0 fully saturated rings. The average molecular weight is 422 g/mol. The van der Waals surface area contributed by atoms with Crippen molar-refractivity contribution < 1.29 is 4.79 Å². The van der Waals surface area contributed by atoms with Gasteiger partial charge in [-0.05, 0) is 53.4 Å². The van der Waals surface area contributed by atoms with Gasteiger partial charge in [0, 0.05) is 18.8 Å². The van der Waals surface area contributed by atoms with Crippen LogP contribution in [0.4, 0.5) is 5.69 Å². The van der Waals surface area contributed by atoms with Crippen molar-refractivity contribution in [2.75, 3.05) is 11.4 Å². The number of carbonyl (C=O) groups is 1. The zero-order valence-electron chi connectivity index (χ0n) is 18.5. The largest absolute Gasteiger partial charge is 0.367 e. The predicted molar refractivity (Wildman–Crippen MR) is 133 cm³/mol. The maximum absolute atomic E-state index is 12.8. The first-order valence-corrected chi connectivity index (χ1v) is 10.9. The number of hydrogen-bond donors (Lipinski definition) is 1. The molecule has 160 valence electrons. The average Bonchev–Trinajstić information content (AvgIpc) is 2.83. The van der Waals surface area contributed by atoms with E-state index in [4.69, 9.17) is 0 Å². The van der Waals surface area contributed by atoms with E-state index in [1.165, 1.54) is 5.56 Å². The molecule has 4 aromatic rings. The Morgan fingerprint density at radius 1 is 0.906 bits per heavy atom. The minimum atomic E-state index is -0.202. The second-order valence-corrected chi connectivity index (χ2v) is 7.77. The van der Waals surface area contributed by atoms with Crippen LogP contribution in [0, 0.1) is 6.92 Å². The summed E-state index contributed by atoms with van der Waals surface area (Å²) in [6, 6.07) is 30.6. The number of aryl methyl sites for hydroxylation is 1. The van der Waals surface area contributed by atoms with E-state index in [1.807, 2.05) is 61.5 Å². The molecule has 4 aromatic carbocycles. The normalized spacial score (nSPS) is 11.1. The Balaban J connectivity index is 1.43. The number of hydrogen-bond acceptors (Lipinski definition) is 3. The first kappa shape index (κ1) is 21.3. The van der Waals surface area contributed by atoms with Gasteiger partial charge in [-0.2, -0.15) is 5.10 Å². The lowest BCUT2D eigenvalue weighted by atomic mass is 9.99. The number of amides is 1. The van der Waals surface area contributed by atoms with E-state index in [0.29, 0.717) is 5.56 Å². The number of benzene rings is 4. The summed E-state index contributed by atoms with van der Waals surface area (Å²) in [5.74, 6) is -0.202. The number of rotatable bonds is 7. The van der Waals surface area contributed by atoms with Crippen molar-refractivity contribution in [1.82, 2.24) is 5.43 Å². The lowest BCUT2D eigenvalue weighted by molar-refractivity contribution is 0.0956. The Morgan fingerprint density at radius 2 is 1.62 bits per heavy atom. The molecule has 0 heterocycles. The molecule has 0 aliphatic rings. The van der Waals surface area contributed by atoms with Crippen molar-refractivity contribution in [1.29, 1.82) is 0 Å². The fraction of sp³-hybridized carbons (Fsp3) is 0.143. The molecule has 4 nitrogen and oxygen atoms in total. The third-order valence-corrected chi connectivity index (χ3v) is 5.60. The van der Waals surface area contributed by atoms with Crippen LogP contribution in [-0.2, 0) is 6.54 Å². The third kappa shape index (κ3) is 4.86. The quantitative estimate of drug-likeness (QED) is 0.296. The summed E-state index contributed by atoms with van der Waals surface area (Å²) in [6.07, 6.45) is 1.68. The van der Waals surface area contributed by atoms with Gasteiger partial charge in [0.05, 0.1) is 11.8 Å². The molecule has 0 aromatic heterocycles. The van der Waals surface area contributed by atoms with Gasteiger partial charge in [-0.25, -0.2) is 5.43 Å². The SMILES string of the molecule is CCN(Cc1ccccc1)c1ccc(/C=N\NC(=O)c2c(C)ccc3ccccc23)cc1. The van der Waals surface area contributed by atoms with Crippen LogP contribution in [0.25, 0.3) is 10.8 Å². The van der Waals surface area contributed by atoms with Crippen LogP contribution in [0.5, 0.6) is 0 Å². The van der Waals surface area contributed by atoms with E-state index in [-0.39, 0.29) is 5.91 Å². The van der Waals surface area contributed by atoms with Gasteiger partial charge in [-0.3, -0.25) is 4.79 Å². The molecule has 0 spiro atoms. The number of nitrogens with zero attached hydrogens (tertiary/aromatic N) is 2. The summed E-state index contributed by atoms with van der Waals surface area (Å²) in [5.41, 5.74) is 7.64. The molecule has 4 heteroatoms. The van der Waals surface area contributed by atoms with Crippen molar-refractivity contribution in [3.63, 3.8) is 0 Å². The predicted octanol–water partition coefficient (Wildman–Crippen LogP) is 5.94. The first-order chi connectivity index (χ1) is 15.7. The summed E-state index contributed by atoms with van der Waals surface area (Å²) >= 11 is 0. The second kappa shape index (κ2) is 9.92. The Hall–Kier alpha value is -3.92. The lowest BCUT2D eigenvalue weighted by Gasteiger charge is -2.23. The summed E-state index contributed by atoms with van der Waals surface area (Å²) in [4.78, 5) is 15.1. The molecule has 0 saturated heterocycles. The fourth-order valence-corrected chi connectivity index (χ4v) is 3.86. The second-order valence-electron chi connectivity index (χ2n) is 7.77. The first-order valence-electron chi connectivity index (χ1n) is 10.9. The van der Waals surface area contributed by atoms with Crippen LogP contribution in [0.15, 0.2) is 96.1 Å². The highest BCUT2D eigenvalue weighted by atomic mass is 16.2. The van der Waals surface area contributed by atoms with E-state index in [2.05, 4.69) is 58.7 Å². The van der Waals surface area contributed by atoms with E-state index < -0.39 is 0 Å². The minimum absolute atomic E-state index is 0.202. The van der Waals surface area contributed by atoms with Gasteiger partial charge in [-0.15, -0.1) is 0 Å². The van der Waals surface area contributed by atoms with Crippen molar-refractivity contribution >= 4 is 28.6 Å².